The van der Waals surface area contributed by atoms with Crippen molar-refractivity contribution in [2.75, 3.05) is 31.1 Å². The van der Waals surface area contributed by atoms with E-state index in [4.69, 9.17) is 9.72 Å². The van der Waals surface area contributed by atoms with Gasteiger partial charge in [-0.1, -0.05) is 12.1 Å². The fourth-order valence-electron chi connectivity index (χ4n) is 3.24. The number of para-hydroxylation sites is 2. The molecule has 25 heavy (non-hydrogen) atoms. The molecule has 1 aromatic heterocycles. The first-order valence-corrected chi connectivity index (χ1v) is 9.07. The van der Waals surface area contributed by atoms with Crippen LogP contribution in [0.15, 0.2) is 24.3 Å². The zero-order valence-electron chi connectivity index (χ0n) is 15.7. The van der Waals surface area contributed by atoms with E-state index in [0.717, 1.165) is 49.6 Å². The van der Waals surface area contributed by atoms with Crippen LogP contribution in [0.2, 0.25) is 0 Å². The lowest BCUT2D eigenvalue weighted by Crippen LogP contribution is -2.39. The van der Waals surface area contributed by atoms with Crippen LogP contribution in [-0.4, -0.2) is 52.3 Å². The SMILES string of the molecule is CCn1c(N2CCCN(C(=O)OC(C)(C)C)CC2)nc2ccccc21. The van der Waals surface area contributed by atoms with Crippen LogP contribution in [0.5, 0.6) is 0 Å². The van der Waals surface area contributed by atoms with Crippen LogP contribution in [0.4, 0.5) is 10.7 Å². The van der Waals surface area contributed by atoms with Crippen molar-refractivity contribution < 1.29 is 9.53 Å². The second-order valence-electron chi connectivity index (χ2n) is 7.45. The predicted molar refractivity (Wildman–Crippen MR) is 100 cm³/mol. The van der Waals surface area contributed by atoms with E-state index < -0.39 is 5.60 Å². The number of hydrogen-bond acceptors (Lipinski definition) is 4. The molecule has 0 saturated carbocycles. The van der Waals surface area contributed by atoms with Gasteiger partial charge in [0.2, 0.25) is 5.95 Å². The number of carbonyl (C=O) groups excluding carboxylic acids is 1. The number of aryl methyl sites for hydroxylation is 1. The fourth-order valence-corrected chi connectivity index (χ4v) is 3.24. The highest BCUT2D eigenvalue weighted by molar-refractivity contribution is 5.78. The summed E-state index contributed by atoms with van der Waals surface area (Å²) in [7, 11) is 0. The molecule has 1 aliphatic rings. The lowest BCUT2D eigenvalue weighted by molar-refractivity contribution is 0.0263. The maximum absolute atomic E-state index is 12.3. The van der Waals surface area contributed by atoms with E-state index in [1.807, 2.05) is 37.8 Å². The van der Waals surface area contributed by atoms with Gasteiger partial charge in [0.25, 0.3) is 0 Å². The van der Waals surface area contributed by atoms with Crippen LogP contribution in [0.1, 0.15) is 34.1 Å². The molecule has 3 rings (SSSR count). The standard InChI is InChI=1S/C19H28N4O2/c1-5-23-16-10-7-6-9-15(16)20-17(23)21-11-8-12-22(14-13-21)18(24)25-19(2,3)4/h6-7,9-10H,5,8,11-14H2,1-4H3. The summed E-state index contributed by atoms with van der Waals surface area (Å²) in [5.41, 5.74) is 1.72. The molecule has 0 bridgehead atoms. The molecule has 6 nitrogen and oxygen atoms in total. The van der Waals surface area contributed by atoms with Crippen LogP contribution in [0, 0.1) is 0 Å². The maximum Gasteiger partial charge on any atom is 0.410 e. The van der Waals surface area contributed by atoms with Crippen molar-refractivity contribution in [1.29, 1.82) is 0 Å². The highest BCUT2D eigenvalue weighted by atomic mass is 16.6. The minimum Gasteiger partial charge on any atom is -0.444 e. The molecule has 0 radical (unpaired) electrons. The first-order valence-electron chi connectivity index (χ1n) is 9.07. The zero-order valence-corrected chi connectivity index (χ0v) is 15.7. The Bertz CT molecular complexity index is 747. The number of fused-ring (bicyclic) bond motifs is 1. The summed E-state index contributed by atoms with van der Waals surface area (Å²) in [6.45, 7) is 11.8. The number of aromatic nitrogens is 2. The molecular weight excluding hydrogens is 316 g/mol. The number of anilines is 1. The van der Waals surface area contributed by atoms with Crippen LogP contribution in [0.25, 0.3) is 11.0 Å². The molecule has 1 amide bonds. The summed E-state index contributed by atoms with van der Waals surface area (Å²) in [5.74, 6) is 0.995. The minimum absolute atomic E-state index is 0.224. The Kier molecular flexibility index (Phi) is 4.88. The third-order valence-corrected chi connectivity index (χ3v) is 4.38. The van der Waals surface area contributed by atoms with Crippen LogP contribution >= 0.6 is 0 Å². The van der Waals surface area contributed by atoms with Crippen molar-refractivity contribution in [3.63, 3.8) is 0 Å². The van der Waals surface area contributed by atoms with Gasteiger partial charge in [-0.3, -0.25) is 0 Å². The topological polar surface area (TPSA) is 50.6 Å². The van der Waals surface area contributed by atoms with Gasteiger partial charge in [-0.15, -0.1) is 0 Å². The molecule has 2 aromatic rings. The molecule has 1 aromatic carbocycles. The Hall–Kier alpha value is -2.24. The lowest BCUT2D eigenvalue weighted by atomic mass is 10.2. The third kappa shape index (κ3) is 3.89. The Morgan fingerprint density at radius 2 is 1.92 bits per heavy atom. The van der Waals surface area contributed by atoms with E-state index in [2.05, 4.69) is 28.5 Å². The quantitative estimate of drug-likeness (QED) is 0.837. The molecule has 0 aliphatic carbocycles. The van der Waals surface area contributed by atoms with Crippen molar-refractivity contribution in [3.8, 4) is 0 Å². The fraction of sp³-hybridized carbons (Fsp3) is 0.579. The van der Waals surface area contributed by atoms with Crippen molar-refractivity contribution >= 4 is 23.1 Å². The molecule has 2 heterocycles. The molecule has 1 saturated heterocycles. The summed E-state index contributed by atoms with van der Waals surface area (Å²) in [4.78, 5) is 21.3. The highest BCUT2D eigenvalue weighted by Crippen LogP contribution is 2.24. The number of carbonyl (C=O) groups is 1. The Balaban J connectivity index is 1.76. The number of amides is 1. The number of nitrogens with zero attached hydrogens (tertiary/aromatic N) is 4. The van der Waals surface area contributed by atoms with Crippen molar-refractivity contribution in [1.82, 2.24) is 14.5 Å². The second-order valence-corrected chi connectivity index (χ2v) is 7.45. The summed E-state index contributed by atoms with van der Waals surface area (Å²) in [6.07, 6.45) is 0.685. The van der Waals surface area contributed by atoms with Crippen LogP contribution in [0.3, 0.4) is 0 Å². The molecule has 6 heteroatoms. The zero-order chi connectivity index (χ0) is 18.0. The van der Waals surface area contributed by atoms with Crippen LogP contribution in [-0.2, 0) is 11.3 Å². The largest absolute Gasteiger partial charge is 0.444 e. The second kappa shape index (κ2) is 6.94. The molecule has 1 aliphatic heterocycles. The van der Waals surface area contributed by atoms with Crippen molar-refractivity contribution in [2.24, 2.45) is 0 Å². The molecule has 0 N–H and O–H groups in total. The summed E-state index contributed by atoms with van der Waals surface area (Å²) in [6, 6.07) is 8.23. The number of rotatable bonds is 2. The average molecular weight is 344 g/mol. The number of benzene rings is 1. The Morgan fingerprint density at radius 1 is 1.16 bits per heavy atom. The van der Waals surface area contributed by atoms with Gasteiger partial charge in [0.15, 0.2) is 0 Å². The van der Waals surface area contributed by atoms with Gasteiger partial charge in [-0.05, 0) is 46.2 Å². The number of hydrogen-bond donors (Lipinski definition) is 0. The van der Waals surface area contributed by atoms with Gasteiger partial charge in [0.05, 0.1) is 11.0 Å². The Morgan fingerprint density at radius 3 is 2.64 bits per heavy atom. The van der Waals surface area contributed by atoms with Gasteiger partial charge in [-0.2, -0.15) is 0 Å². The van der Waals surface area contributed by atoms with Gasteiger partial charge in [0, 0.05) is 32.7 Å². The molecule has 0 atom stereocenters. The molecule has 0 spiro atoms. The molecular formula is C19H28N4O2. The summed E-state index contributed by atoms with van der Waals surface area (Å²) in [5, 5.41) is 0. The van der Waals surface area contributed by atoms with E-state index in [1.165, 1.54) is 0 Å². The molecule has 1 fully saturated rings. The van der Waals surface area contributed by atoms with Gasteiger partial charge in [0.1, 0.15) is 5.60 Å². The maximum atomic E-state index is 12.3. The van der Waals surface area contributed by atoms with Crippen LogP contribution < -0.4 is 4.90 Å². The van der Waals surface area contributed by atoms with E-state index in [9.17, 15) is 4.79 Å². The third-order valence-electron chi connectivity index (χ3n) is 4.38. The summed E-state index contributed by atoms with van der Waals surface area (Å²) < 4.78 is 7.76. The van der Waals surface area contributed by atoms with E-state index in [0.29, 0.717) is 6.54 Å². The monoisotopic (exact) mass is 344 g/mol. The molecule has 136 valence electrons. The van der Waals surface area contributed by atoms with Crippen molar-refractivity contribution in [3.05, 3.63) is 24.3 Å². The average Bonchev–Trinajstić information content (AvgIpc) is 2.74. The van der Waals surface area contributed by atoms with E-state index in [-0.39, 0.29) is 6.09 Å². The summed E-state index contributed by atoms with van der Waals surface area (Å²) >= 11 is 0. The number of ether oxygens (including phenoxy) is 1. The van der Waals surface area contributed by atoms with Gasteiger partial charge >= 0.3 is 6.09 Å². The van der Waals surface area contributed by atoms with E-state index >= 15 is 0 Å². The van der Waals surface area contributed by atoms with Gasteiger partial charge in [-0.25, -0.2) is 9.78 Å². The normalized spacial score (nSPS) is 16.2. The lowest BCUT2D eigenvalue weighted by Gasteiger charge is -2.26. The smallest absolute Gasteiger partial charge is 0.410 e. The first-order chi connectivity index (χ1) is 11.9. The van der Waals surface area contributed by atoms with Gasteiger partial charge < -0.3 is 19.1 Å². The Labute approximate surface area is 149 Å². The first kappa shape index (κ1) is 17.6. The van der Waals surface area contributed by atoms with Crippen molar-refractivity contribution in [2.45, 2.75) is 46.3 Å². The minimum atomic E-state index is -0.459. The van der Waals surface area contributed by atoms with E-state index in [1.54, 1.807) is 0 Å². The number of imidazole rings is 1. The molecule has 0 unspecified atom stereocenters. The predicted octanol–water partition coefficient (Wildman–Crippen LogP) is 3.50. The highest BCUT2D eigenvalue weighted by Gasteiger charge is 2.26.